The van der Waals surface area contributed by atoms with Crippen molar-refractivity contribution in [2.24, 2.45) is 4.99 Å². The van der Waals surface area contributed by atoms with E-state index in [1.807, 2.05) is 7.05 Å². The van der Waals surface area contributed by atoms with Crippen LogP contribution < -0.4 is 5.32 Å². The molecule has 1 spiro atoms. The zero-order valence-electron chi connectivity index (χ0n) is 17.6. The fraction of sp³-hybridized carbons (Fsp3) is 0.950. The van der Waals surface area contributed by atoms with E-state index in [2.05, 4.69) is 50.6 Å². The van der Waals surface area contributed by atoms with Gasteiger partial charge in [-0.2, -0.15) is 11.8 Å². The van der Waals surface area contributed by atoms with Gasteiger partial charge in [-0.15, -0.1) is 24.0 Å². The molecule has 2 saturated heterocycles. The molecule has 27 heavy (non-hydrogen) atoms. The number of halogens is 1. The number of aliphatic imine (C=N–C) groups is 1. The lowest BCUT2D eigenvalue weighted by Gasteiger charge is -2.45. The molecular formula is C20H40IN5S. The molecule has 1 atom stereocenters. The molecule has 0 radical (unpaired) electrons. The van der Waals surface area contributed by atoms with Gasteiger partial charge < -0.3 is 15.1 Å². The van der Waals surface area contributed by atoms with Crippen molar-refractivity contribution in [2.75, 3.05) is 65.2 Å². The maximum atomic E-state index is 4.63. The summed E-state index contributed by atoms with van der Waals surface area (Å²) in [5.74, 6) is 2.36. The highest BCUT2D eigenvalue weighted by Crippen LogP contribution is 2.42. The van der Waals surface area contributed by atoms with E-state index < -0.39 is 0 Å². The van der Waals surface area contributed by atoms with Gasteiger partial charge in [0.1, 0.15) is 0 Å². The number of likely N-dealkylation sites (N-methyl/N-ethyl adjacent to an activating group) is 1. The molecule has 0 aromatic heterocycles. The Morgan fingerprint density at radius 2 is 1.81 bits per heavy atom. The van der Waals surface area contributed by atoms with Crippen LogP contribution in [0.25, 0.3) is 0 Å². The zero-order valence-corrected chi connectivity index (χ0v) is 20.7. The summed E-state index contributed by atoms with van der Waals surface area (Å²) in [6.07, 6.45) is 7.03. The molecule has 3 rings (SSSR count). The second-order valence-electron chi connectivity index (χ2n) is 8.26. The molecule has 1 saturated carbocycles. The summed E-state index contributed by atoms with van der Waals surface area (Å²) in [5.41, 5.74) is 0. The smallest absolute Gasteiger partial charge is 0.193 e. The predicted octanol–water partition coefficient (Wildman–Crippen LogP) is 2.96. The van der Waals surface area contributed by atoms with Gasteiger partial charge in [0.05, 0.1) is 0 Å². The molecule has 0 amide bonds. The van der Waals surface area contributed by atoms with Crippen molar-refractivity contribution in [3.8, 4) is 0 Å². The highest BCUT2D eigenvalue weighted by molar-refractivity contribution is 14.0. The van der Waals surface area contributed by atoms with Gasteiger partial charge in [-0.05, 0) is 26.3 Å². The predicted molar refractivity (Wildman–Crippen MR) is 130 cm³/mol. The van der Waals surface area contributed by atoms with Crippen LogP contribution in [0.5, 0.6) is 0 Å². The number of hydrogen-bond acceptors (Lipinski definition) is 4. The summed E-state index contributed by atoms with van der Waals surface area (Å²) in [5, 5.41) is 3.69. The second-order valence-corrected chi connectivity index (χ2v) is 9.82. The third kappa shape index (κ3) is 6.37. The van der Waals surface area contributed by atoms with Gasteiger partial charge in [0.25, 0.3) is 0 Å². The van der Waals surface area contributed by atoms with Crippen molar-refractivity contribution in [2.45, 2.75) is 56.7 Å². The van der Waals surface area contributed by atoms with Gasteiger partial charge in [0, 0.05) is 69.4 Å². The molecule has 1 N–H and O–H groups in total. The maximum Gasteiger partial charge on any atom is 0.193 e. The number of nitrogens with one attached hydrogen (secondary N) is 1. The standard InChI is InChI=1S/C20H39N5S.HI/c1-4-23-10-12-24(13-11-23)18(2)16-22-19(21-3)25-14-15-26-20(17-25)8-6-5-7-9-20;/h18H,4-17H2,1-3H3,(H,21,22);1H. The minimum atomic E-state index is 0. The molecule has 3 fully saturated rings. The first-order valence-corrected chi connectivity index (χ1v) is 11.7. The first-order chi connectivity index (χ1) is 12.7. The van der Waals surface area contributed by atoms with E-state index in [0.717, 1.165) is 19.0 Å². The molecule has 158 valence electrons. The minimum absolute atomic E-state index is 0. The van der Waals surface area contributed by atoms with Crippen molar-refractivity contribution >= 4 is 41.7 Å². The number of nitrogens with zero attached hydrogens (tertiary/aromatic N) is 4. The van der Waals surface area contributed by atoms with E-state index in [1.165, 1.54) is 77.1 Å². The Morgan fingerprint density at radius 3 is 2.44 bits per heavy atom. The third-order valence-electron chi connectivity index (χ3n) is 6.56. The summed E-state index contributed by atoms with van der Waals surface area (Å²) in [7, 11) is 1.95. The third-order valence-corrected chi connectivity index (χ3v) is 8.09. The molecule has 0 aromatic rings. The number of guanidine groups is 1. The summed E-state index contributed by atoms with van der Waals surface area (Å²) >= 11 is 2.23. The topological polar surface area (TPSA) is 34.1 Å². The van der Waals surface area contributed by atoms with Gasteiger partial charge in [0.15, 0.2) is 5.96 Å². The van der Waals surface area contributed by atoms with Gasteiger partial charge in [0.2, 0.25) is 0 Å². The highest BCUT2D eigenvalue weighted by Gasteiger charge is 2.38. The number of piperazine rings is 1. The van der Waals surface area contributed by atoms with E-state index in [-0.39, 0.29) is 24.0 Å². The van der Waals surface area contributed by atoms with Crippen molar-refractivity contribution in [3.05, 3.63) is 0 Å². The highest BCUT2D eigenvalue weighted by atomic mass is 127. The molecule has 7 heteroatoms. The van der Waals surface area contributed by atoms with Crippen molar-refractivity contribution < 1.29 is 0 Å². The lowest BCUT2D eigenvalue weighted by Crippen LogP contribution is -2.56. The van der Waals surface area contributed by atoms with E-state index in [1.54, 1.807) is 0 Å². The van der Waals surface area contributed by atoms with Gasteiger partial charge in [-0.3, -0.25) is 9.89 Å². The normalized spacial score (nSPS) is 25.9. The lowest BCUT2D eigenvalue weighted by molar-refractivity contribution is 0.107. The van der Waals surface area contributed by atoms with Gasteiger partial charge in [-0.1, -0.05) is 26.2 Å². The number of thioether (sulfide) groups is 1. The molecule has 3 aliphatic rings. The fourth-order valence-electron chi connectivity index (χ4n) is 4.74. The summed E-state index contributed by atoms with van der Waals surface area (Å²) in [4.78, 5) is 12.3. The van der Waals surface area contributed by atoms with Crippen LogP contribution in [0.15, 0.2) is 4.99 Å². The van der Waals surface area contributed by atoms with Crippen LogP contribution in [-0.4, -0.2) is 96.6 Å². The molecule has 1 unspecified atom stereocenters. The average Bonchev–Trinajstić information content (AvgIpc) is 2.69. The van der Waals surface area contributed by atoms with Crippen LogP contribution in [0.3, 0.4) is 0 Å². The van der Waals surface area contributed by atoms with Crippen LogP contribution in [0, 0.1) is 0 Å². The fourth-order valence-corrected chi connectivity index (χ4v) is 6.31. The number of hydrogen-bond donors (Lipinski definition) is 1. The lowest BCUT2D eigenvalue weighted by atomic mass is 9.87. The second kappa shape index (κ2) is 11.5. The quantitative estimate of drug-likeness (QED) is 0.358. The largest absolute Gasteiger partial charge is 0.355 e. The van der Waals surface area contributed by atoms with Crippen LogP contribution in [0.4, 0.5) is 0 Å². The van der Waals surface area contributed by atoms with Crippen LogP contribution in [0.2, 0.25) is 0 Å². The Bertz CT molecular complexity index is 456. The molecule has 1 aliphatic carbocycles. The SMILES string of the molecule is CCN1CCN(C(C)CNC(=NC)N2CCSC3(CCCCC3)C2)CC1.I. The van der Waals surface area contributed by atoms with E-state index in [4.69, 9.17) is 0 Å². The van der Waals surface area contributed by atoms with Crippen molar-refractivity contribution in [1.82, 2.24) is 20.0 Å². The molecular weight excluding hydrogens is 469 g/mol. The molecule has 0 aromatic carbocycles. The first kappa shape index (κ1) is 23.5. The Balaban J connectivity index is 0.00000261. The molecule has 2 aliphatic heterocycles. The molecule has 2 heterocycles. The Morgan fingerprint density at radius 1 is 1.11 bits per heavy atom. The minimum Gasteiger partial charge on any atom is -0.355 e. The molecule has 5 nitrogen and oxygen atoms in total. The molecule has 0 bridgehead atoms. The average molecular weight is 510 g/mol. The Labute approximate surface area is 188 Å². The Kier molecular flexibility index (Phi) is 9.99. The van der Waals surface area contributed by atoms with Crippen LogP contribution >= 0.6 is 35.7 Å². The van der Waals surface area contributed by atoms with E-state index in [9.17, 15) is 0 Å². The summed E-state index contributed by atoms with van der Waals surface area (Å²) in [6, 6.07) is 0.563. The van der Waals surface area contributed by atoms with Crippen LogP contribution in [-0.2, 0) is 0 Å². The Hall–Kier alpha value is 0.270. The van der Waals surface area contributed by atoms with Crippen molar-refractivity contribution in [1.29, 1.82) is 0 Å². The van der Waals surface area contributed by atoms with E-state index in [0.29, 0.717) is 10.8 Å². The van der Waals surface area contributed by atoms with E-state index >= 15 is 0 Å². The maximum absolute atomic E-state index is 4.63. The van der Waals surface area contributed by atoms with Crippen molar-refractivity contribution in [3.63, 3.8) is 0 Å². The summed E-state index contributed by atoms with van der Waals surface area (Å²) in [6.45, 7) is 13.9. The number of rotatable bonds is 4. The first-order valence-electron chi connectivity index (χ1n) is 10.7. The monoisotopic (exact) mass is 509 g/mol. The summed E-state index contributed by atoms with van der Waals surface area (Å²) < 4.78 is 0.496. The van der Waals surface area contributed by atoms with Gasteiger partial charge in [-0.25, -0.2) is 0 Å². The zero-order chi connectivity index (χ0) is 18.4. The van der Waals surface area contributed by atoms with Crippen LogP contribution in [0.1, 0.15) is 46.0 Å². The van der Waals surface area contributed by atoms with Gasteiger partial charge >= 0.3 is 0 Å².